The van der Waals surface area contributed by atoms with Crippen molar-refractivity contribution in [1.29, 1.82) is 0 Å². The summed E-state index contributed by atoms with van der Waals surface area (Å²) < 4.78 is 80.0. The summed E-state index contributed by atoms with van der Waals surface area (Å²) in [6, 6.07) is 36.1. The van der Waals surface area contributed by atoms with E-state index in [4.69, 9.17) is 9.90 Å². The van der Waals surface area contributed by atoms with Crippen molar-refractivity contribution in [2.75, 3.05) is 0 Å². The molecule has 10 rings (SSSR count). The van der Waals surface area contributed by atoms with Crippen molar-refractivity contribution in [2.24, 2.45) is 0 Å². The molecule has 9 aromatic carbocycles. The van der Waals surface area contributed by atoms with E-state index in [1.165, 1.54) is 0 Å². The van der Waals surface area contributed by atoms with Crippen LogP contribution >= 0.6 is 0 Å². The molecule has 0 saturated heterocycles. The summed E-state index contributed by atoms with van der Waals surface area (Å²) in [7, 11) is 0. The topological polar surface area (TPSA) is 13.1 Å². The molecule has 0 aliphatic heterocycles. The molecule has 218 valence electrons. The molecule has 1 heterocycles. The normalized spacial score (nSPS) is 14.2. The van der Waals surface area contributed by atoms with Gasteiger partial charge in [0.15, 0.2) is 0 Å². The van der Waals surface area contributed by atoms with Gasteiger partial charge in [-0.25, -0.2) is 0 Å². The van der Waals surface area contributed by atoms with Crippen LogP contribution < -0.4 is 0 Å². The smallest absolute Gasteiger partial charge is 0.136 e. The Kier molecular flexibility index (Phi) is 4.19. The lowest BCUT2D eigenvalue weighted by atomic mass is 9.83. The third kappa shape index (κ3) is 3.90. The van der Waals surface area contributed by atoms with E-state index in [0.717, 1.165) is 38.1 Å². The van der Waals surface area contributed by atoms with Crippen molar-refractivity contribution >= 4 is 65.0 Å². The molecule has 0 amide bonds. The molecule has 0 atom stereocenters. The van der Waals surface area contributed by atoms with Gasteiger partial charge < -0.3 is 4.42 Å². The first kappa shape index (κ1) is 19.4. The molecule has 0 N–H and O–H groups in total. The van der Waals surface area contributed by atoms with Crippen LogP contribution in [0.1, 0.15) is 11.0 Å². The van der Waals surface area contributed by atoms with E-state index in [1.807, 2.05) is 115 Å². The Morgan fingerprint density at radius 1 is 0.383 bits per heavy atom. The molecule has 0 saturated carbocycles. The Hall–Kier alpha value is -6.18. The largest absolute Gasteiger partial charge is 0.456 e. The van der Waals surface area contributed by atoms with E-state index < -0.39 is 24.2 Å². The molecule has 0 radical (unpaired) electrons. The number of benzene rings is 9. The Bertz CT molecular complexity index is 3220. The Balaban J connectivity index is 1.44. The summed E-state index contributed by atoms with van der Waals surface area (Å²) in [4.78, 5) is 0. The fraction of sp³-hybridized carbons (Fsp3) is 0. The molecular weight excluding hydrogens is 569 g/mol. The van der Waals surface area contributed by atoms with Gasteiger partial charge in [0, 0.05) is 10.8 Å². The monoisotopic (exact) mass is 604 g/mol. The summed E-state index contributed by atoms with van der Waals surface area (Å²) in [5.74, 6) is 0. The van der Waals surface area contributed by atoms with E-state index in [0.29, 0.717) is 38.8 Å². The second kappa shape index (κ2) is 10.2. The van der Waals surface area contributed by atoms with E-state index in [2.05, 4.69) is 0 Å². The fourth-order valence-corrected chi connectivity index (χ4v) is 7.27. The van der Waals surface area contributed by atoms with Gasteiger partial charge in [-0.05, 0) is 94.7 Å². The average Bonchev–Trinajstić information content (AvgIpc) is 3.60. The highest BCUT2D eigenvalue weighted by molar-refractivity contribution is 6.27. The average molecular weight is 605 g/mol. The van der Waals surface area contributed by atoms with Crippen LogP contribution in [0.15, 0.2) is 174 Å². The van der Waals surface area contributed by atoms with Gasteiger partial charge >= 0.3 is 0 Å². The van der Waals surface area contributed by atoms with Crippen LogP contribution in [0.4, 0.5) is 0 Å². The Morgan fingerprint density at radius 3 is 1.77 bits per heavy atom. The highest BCUT2D eigenvalue weighted by Crippen LogP contribution is 2.48. The van der Waals surface area contributed by atoms with Crippen LogP contribution in [0.5, 0.6) is 0 Å². The zero-order chi connectivity index (χ0) is 37.9. The van der Waals surface area contributed by atoms with Crippen molar-refractivity contribution in [3.63, 3.8) is 0 Å². The van der Waals surface area contributed by atoms with Crippen molar-refractivity contribution in [3.05, 3.63) is 170 Å². The summed E-state index contributed by atoms with van der Waals surface area (Å²) >= 11 is 0. The van der Waals surface area contributed by atoms with E-state index in [1.54, 1.807) is 6.07 Å². The Morgan fingerprint density at radius 2 is 1.00 bits per heavy atom. The van der Waals surface area contributed by atoms with Gasteiger partial charge in [-0.15, -0.1) is 0 Å². The van der Waals surface area contributed by atoms with Gasteiger partial charge in [0.05, 0.1) is 11.0 Å². The molecule has 1 nitrogen and oxygen atoms in total. The lowest BCUT2D eigenvalue weighted by Gasteiger charge is -2.19. The summed E-state index contributed by atoms with van der Waals surface area (Å²) in [5.41, 5.74) is 4.87. The minimum Gasteiger partial charge on any atom is -0.456 e. The number of hydrogen-bond donors (Lipinski definition) is 0. The molecule has 10 aromatic rings. The van der Waals surface area contributed by atoms with Gasteiger partial charge in [-0.3, -0.25) is 0 Å². The molecule has 0 fully saturated rings. The molecule has 0 aliphatic carbocycles. The van der Waals surface area contributed by atoms with Crippen LogP contribution in [-0.2, 0) is 0 Å². The van der Waals surface area contributed by atoms with Crippen molar-refractivity contribution < 1.29 is 15.4 Å². The quantitative estimate of drug-likeness (QED) is 0.144. The van der Waals surface area contributed by atoms with Crippen LogP contribution in [0.3, 0.4) is 0 Å². The molecule has 0 bridgehead atoms. The van der Waals surface area contributed by atoms with E-state index >= 15 is 0 Å². The van der Waals surface area contributed by atoms with Crippen LogP contribution in [0.2, 0.25) is 0 Å². The highest BCUT2D eigenvalue weighted by Gasteiger charge is 2.21. The zero-order valence-corrected chi connectivity index (χ0v) is 25.0. The van der Waals surface area contributed by atoms with Gasteiger partial charge in [-0.1, -0.05) is 151 Å². The molecule has 0 unspecified atom stereocenters. The zero-order valence-electron chi connectivity index (χ0n) is 33.0. The number of hydrogen-bond acceptors (Lipinski definition) is 1. The van der Waals surface area contributed by atoms with Crippen LogP contribution in [0.25, 0.3) is 98.4 Å². The standard InChI is InChI=1S/C46H28O/c1-2-12-29(13-3-1)31-25-27-40-43(28-31)47-42-23-11-22-41(46(40)42)45-38-18-8-6-16-36(38)44(37-17-7-9-19-39(37)45)35-21-10-20-33-32-15-5-4-14-30(32)24-26-34(33)35/h1-28H/i6D,7D,8D,9D,16D,17D,18D,19D. The first-order chi connectivity index (χ1) is 26.7. The summed E-state index contributed by atoms with van der Waals surface area (Å²) in [6.45, 7) is 0. The highest BCUT2D eigenvalue weighted by atomic mass is 16.3. The predicted octanol–water partition coefficient (Wildman–Crippen LogP) is 13.2. The van der Waals surface area contributed by atoms with Crippen molar-refractivity contribution in [2.45, 2.75) is 0 Å². The number of furan rings is 1. The fourth-order valence-electron chi connectivity index (χ4n) is 7.27. The maximum atomic E-state index is 9.49. The summed E-state index contributed by atoms with van der Waals surface area (Å²) in [5, 5.41) is 5.83. The number of fused-ring (bicyclic) bond motifs is 8. The maximum Gasteiger partial charge on any atom is 0.136 e. The molecular formula is C46H28O. The van der Waals surface area contributed by atoms with Crippen molar-refractivity contribution in [3.8, 4) is 33.4 Å². The predicted molar refractivity (Wildman–Crippen MR) is 200 cm³/mol. The van der Waals surface area contributed by atoms with Crippen LogP contribution in [-0.4, -0.2) is 0 Å². The molecule has 47 heavy (non-hydrogen) atoms. The van der Waals surface area contributed by atoms with Crippen LogP contribution in [0, 0.1) is 0 Å². The first-order valence-electron chi connectivity index (χ1n) is 19.5. The summed E-state index contributed by atoms with van der Waals surface area (Å²) in [6.07, 6.45) is 0. The molecule has 1 heteroatoms. The Labute approximate surface area is 283 Å². The minimum atomic E-state index is -0.439. The van der Waals surface area contributed by atoms with Gasteiger partial charge in [0.2, 0.25) is 0 Å². The first-order valence-corrected chi connectivity index (χ1v) is 15.5. The molecule has 1 aromatic heterocycles. The van der Waals surface area contributed by atoms with E-state index in [9.17, 15) is 5.48 Å². The lowest BCUT2D eigenvalue weighted by molar-refractivity contribution is 0.669. The molecule has 0 aliphatic rings. The van der Waals surface area contributed by atoms with E-state index in [-0.39, 0.29) is 45.7 Å². The second-order valence-electron chi connectivity index (χ2n) is 11.8. The third-order valence-electron chi connectivity index (χ3n) is 9.30. The number of rotatable bonds is 3. The lowest BCUT2D eigenvalue weighted by Crippen LogP contribution is -1.92. The SMILES string of the molecule is [2H]c1c([2H])c([2H])c2c(-c3cccc4oc5cc(-c6ccccc6)ccc5c34)c3c([2H])c([2H])c([2H])c([2H])c3c(-c3cccc4c3ccc3ccccc34)c2c1[2H]. The maximum absolute atomic E-state index is 9.49. The minimum absolute atomic E-state index is 0.166. The van der Waals surface area contributed by atoms with Gasteiger partial charge in [-0.2, -0.15) is 0 Å². The van der Waals surface area contributed by atoms with Crippen molar-refractivity contribution in [1.82, 2.24) is 0 Å². The molecule has 0 spiro atoms. The second-order valence-corrected chi connectivity index (χ2v) is 11.8. The third-order valence-corrected chi connectivity index (χ3v) is 9.30. The van der Waals surface area contributed by atoms with Gasteiger partial charge in [0.1, 0.15) is 11.2 Å². The van der Waals surface area contributed by atoms with Gasteiger partial charge in [0.25, 0.3) is 0 Å².